The molecule has 12 nitrogen and oxygen atoms in total. The highest BCUT2D eigenvalue weighted by Gasteiger charge is 2.40. The van der Waals surface area contributed by atoms with E-state index in [0.29, 0.717) is 29.3 Å². The number of carbonyl (C=O) groups is 1. The summed E-state index contributed by atoms with van der Waals surface area (Å²) in [4.78, 5) is 23.4. The molecule has 1 fully saturated rings. The van der Waals surface area contributed by atoms with E-state index in [9.17, 15) is 13.2 Å². The molecule has 236 valence electrons. The third-order valence-corrected chi connectivity index (χ3v) is 10.5. The van der Waals surface area contributed by atoms with Gasteiger partial charge in [0.15, 0.2) is 15.7 Å². The average molecular weight is 638 g/mol. The van der Waals surface area contributed by atoms with Gasteiger partial charge in [-0.15, -0.1) is 0 Å². The van der Waals surface area contributed by atoms with E-state index in [0.717, 1.165) is 41.2 Å². The Hall–Kier alpha value is -5.01. The minimum Gasteiger partial charge on any atom is -0.366 e. The number of urea groups is 1. The second-order valence-electron chi connectivity index (χ2n) is 12.0. The van der Waals surface area contributed by atoms with E-state index in [-0.39, 0.29) is 22.7 Å². The maximum atomic E-state index is 14.2. The number of fused-ring (bicyclic) bond motifs is 4. The van der Waals surface area contributed by atoms with Crippen molar-refractivity contribution in [1.29, 1.82) is 0 Å². The van der Waals surface area contributed by atoms with Crippen molar-refractivity contribution in [3.8, 4) is 33.8 Å². The van der Waals surface area contributed by atoms with Crippen LogP contribution in [0.15, 0.2) is 84.0 Å². The molecule has 7 rings (SSSR count). The summed E-state index contributed by atoms with van der Waals surface area (Å²) in [5.74, 6) is 0.394. The van der Waals surface area contributed by atoms with Crippen LogP contribution in [0.4, 0.5) is 22.0 Å². The monoisotopic (exact) mass is 637 g/mol. The molecule has 0 spiro atoms. The van der Waals surface area contributed by atoms with Crippen molar-refractivity contribution >= 4 is 33.1 Å². The molecule has 2 aliphatic rings. The molecule has 2 atom stereocenters. The number of rotatable bonds is 7. The van der Waals surface area contributed by atoms with Gasteiger partial charge >= 0.3 is 6.03 Å². The van der Waals surface area contributed by atoms with Crippen molar-refractivity contribution in [3.05, 3.63) is 79.1 Å². The molecule has 2 bridgehead atoms. The highest BCUT2D eigenvalue weighted by atomic mass is 32.2. The smallest absolute Gasteiger partial charge is 0.327 e. The lowest BCUT2D eigenvalue weighted by molar-refractivity contribution is 0.255. The van der Waals surface area contributed by atoms with Crippen molar-refractivity contribution in [2.45, 2.75) is 30.3 Å². The summed E-state index contributed by atoms with van der Waals surface area (Å²) in [6.07, 6.45) is 4.29. The van der Waals surface area contributed by atoms with E-state index >= 15 is 0 Å². The molecule has 46 heavy (non-hydrogen) atoms. The lowest BCUT2D eigenvalue weighted by atomic mass is 10.0. The predicted octanol–water partition coefficient (Wildman–Crippen LogP) is 4.30. The van der Waals surface area contributed by atoms with Crippen molar-refractivity contribution < 1.29 is 13.2 Å². The number of nitrogens with one attached hydrogen (secondary N) is 1. The fraction of sp³-hybridized carbons (Fsp3) is 0.273. The number of nitrogens with zero attached hydrogens (tertiary/aromatic N) is 7. The molecule has 13 heteroatoms. The lowest BCUT2D eigenvalue weighted by Gasteiger charge is -2.36. The van der Waals surface area contributed by atoms with Gasteiger partial charge in [-0.25, -0.2) is 18.2 Å². The summed E-state index contributed by atoms with van der Waals surface area (Å²) in [5.41, 5.74) is 12.1. The third kappa shape index (κ3) is 5.41. The van der Waals surface area contributed by atoms with Crippen LogP contribution in [0.1, 0.15) is 13.3 Å². The number of aryl methyl sites for hydroxylation is 2. The standard InChI is InChI=1S/C33H35N9O3S/c1-21(34)20-46(44,45)27-6-4-5-22(18-27)28-7-8-31-32(38-28)42(26-11-14-41(31)19-26)33(43)37-25-16-23(29-9-12-35-39(29)2)15-24(17-25)30-10-13-36-40(30)3/h4-10,12-13,15-18,21,26H,11,14,19-20,34H2,1-3H3,(H,37,43)/t21-,26+/m1/s1. The third-order valence-electron chi connectivity index (χ3n) is 8.56. The highest BCUT2D eigenvalue weighted by molar-refractivity contribution is 7.91. The molecule has 2 aliphatic heterocycles. The number of anilines is 3. The lowest BCUT2D eigenvalue weighted by Crippen LogP contribution is -2.48. The zero-order valence-electron chi connectivity index (χ0n) is 25.8. The maximum Gasteiger partial charge on any atom is 0.327 e. The summed E-state index contributed by atoms with van der Waals surface area (Å²) in [6, 6.07) is 19.5. The van der Waals surface area contributed by atoms with Crippen LogP contribution in [-0.2, 0) is 23.9 Å². The van der Waals surface area contributed by atoms with Crippen LogP contribution in [0.5, 0.6) is 0 Å². The molecule has 0 aliphatic carbocycles. The van der Waals surface area contributed by atoms with E-state index in [1.807, 2.05) is 56.6 Å². The Kier molecular flexibility index (Phi) is 7.36. The minimum atomic E-state index is -3.57. The van der Waals surface area contributed by atoms with E-state index in [1.54, 1.807) is 51.8 Å². The first-order chi connectivity index (χ1) is 22.1. The fourth-order valence-corrected chi connectivity index (χ4v) is 7.89. The van der Waals surface area contributed by atoms with E-state index < -0.39 is 15.9 Å². The van der Waals surface area contributed by atoms with E-state index in [4.69, 9.17) is 10.7 Å². The van der Waals surface area contributed by atoms with Gasteiger partial charge < -0.3 is 16.0 Å². The van der Waals surface area contributed by atoms with Gasteiger partial charge in [-0.2, -0.15) is 10.2 Å². The Morgan fingerprint density at radius 2 is 1.65 bits per heavy atom. The average Bonchev–Trinajstić information content (AvgIpc) is 3.76. The quantitative estimate of drug-likeness (QED) is 0.269. The molecule has 1 saturated heterocycles. The zero-order chi connectivity index (χ0) is 32.2. The van der Waals surface area contributed by atoms with Crippen LogP contribution in [0.2, 0.25) is 0 Å². The topological polar surface area (TPSA) is 144 Å². The first kappa shape index (κ1) is 29.7. The van der Waals surface area contributed by atoms with Gasteiger partial charge in [-0.1, -0.05) is 12.1 Å². The van der Waals surface area contributed by atoms with Crippen LogP contribution in [0.25, 0.3) is 33.8 Å². The summed E-state index contributed by atoms with van der Waals surface area (Å²) in [5, 5.41) is 11.8. The Balaban J connectivity index is 1.25. The molecule has 2 aromatic carbocycles. The van der Waals surface area contributed by atoms with Gasteiger partial charge in [-0.3, -0.25) is 14.3 Å². The van der Waals surface area contributed by atoms with Gasteiger partial charge in [0.1, 0.15) is 0 Å². The molecule has 0 saturated carbocycles. The second kappa shape index (κ2) is 11.4. The van der Waals surface area contributed by atoms with Crippen LogP contribution in [0, 0.1) is 0 Å². The first-order valence-corrected chi connectivity index (χ1v) is 16.8. The van der Waals surface area contributed by atoms with Crippen molar-refractivity contribution in [2.24, 2.45) is 19.8 Å². The highest BCUT2D eigenvalue weighted by Crippen LogP contribution is 2.41. The Morgan fingerprint density at radius 1 is 0.957 bits per heavy atom. The number of carbonyl (C=O) groups excluding carboxylic acids is 1. The SMILES string of the molecule is C[C@@H](N)CS(=O)(=O)c1cccc(-c2ccc3c(n2)N(C(=O)Nc2cc(-c4ccnn4C)cc(-c4ccnn4C)c2)[C@H]2CCN3C2)c1. The van der Waals surface area contributed by atoms with Crippen molar-refractivity contribution in [2.75, 3.05) is 34.0 Å². The number of aromatic nitrogens is 5. The Labute approximate surface area is 267 Å². The molecule has 3 aromatic heterocycles. The van der Waals surface area contributed by atoms with Gasteiger partial charge in [0.05, 0.1) is 39.5 Å². The number of amides is 2. The molecular formula is C33H35N9O3S. The molecule has 5 aromatic rings. The normalized spacial score (nSPS) is 16.4. The number of pyridine rings is 1. The number of sulfone groups is 1. The van der Waals surface area contributed by atoms with Crippen LogP contribution < -0.4 is 20.9 Å². The minimum absolute atomic E-state index is 0.0650. The Morgan fingerprint density at radius 3 is 2.28 bits per heavy atom. The number of nitrogens with two attached hydrogens (primary N) is 1. The van der Waals surface area contributed by atoms with Gasteiger partial charge in [-0.05, 0) is 67.9 Å². The fourth-order valence-electron chi connectivity index (χ4n) is 6.42. The van der Waals surface area contributed by atoms with Crippen LogP contribution in [0.3, 0.4) is 0 Å². The molecular weight excluding hydrogens is 602 g/mol. The van der Waals surface area contributed by atoms with E-state index in [1.165, 1.54) is 0 Å². The molecule has 5 heterocycles. The van der Waals surface area contributed by atoms with Crippen LogP contribution in [-0.4, -0.2) is 69.9 Å². The van der Waals surface area contributed by atoms with Crippen LogP contribution >= 0.6 is 0 Å². The number of hydrogen-bond acceptors (Lipinski definition) is 8. The Bertz CT molecular complexity index is 2010. The molecule has 0 radical (unpaired) electrons. The van der Waals surface area contributed by atoms with Gasteiger partial charge in [0.25, 0.3) is 0 Å². The molecule has 2 amide bonds. The summed E-state index contributed by atoms with van der Waals surface area (Å²) in [7, 11) is 0.200. The predicted molar refractivity (Wildman–Crippen MR) is 178 cm³/mol. The first-order valence-electron chi connectivity index (χ1n) is 15.1. The largest absolute Gasteiger partial charge is 0.366 e. The van der Waals surface area contributed by atoms with Gasteiger partial charge in [0, 0.05) is 68.0 Å². The van der Waals surface area contributed by atoms with Gasteiger partial charge in [0.2, 0.25) is 0 Å². The molecule has 0 unspecified atom stereocenters. The van der Waals surface area contributed by atoms with Crippen molar-refractivity contribution in [1.82, 2.24) is 24.5 Å². The summed E-state index contributed by atoms with van der Waals surface area (Å²) < 4.78 is 29.4. The second-order valence-corrected chi connectivity index (χ2v) is 14.0. The summed E-state index contributed by atoms with van der Waals surface area (Å²) >= 11 is 0. The number of benzene rings is 2. The zero-order valence-corrected chi connectivity index (χ0v) is 26.6. The maximum absolute atomic E-state index is 14.2. The molecule has 3 N–H and O–H groups in total. The number of hydrogen-bond donors (Lipinski definition) is 2. The van der Waals surface area contributed by atoms with E-state index in [2.05, 4.69) is 26.5 Å². The van der Waals surface area contributed by atoms with Crippen molar-refractivity contribution in [3.63, 3.8) is 0 Å². The summed E-state index contributed by atoms with van der Waals surface area (Å²) in [6.45, 7) is 3.19.